The summed E-state index contributed by atoms with van der Waals surface area (Å²) in [5.74, 6) is 1.29. The number of hydrogen-bond acceptors (Lipinski definition) is 4. The van der Waals surface area contributed by atoms with Crippen molar-refractivity contribution in [1.29, 1.82) is 0 Å². The molecule has 76 valence electrons. The fourth-order valence-corrected chi connectivity index (χ4v) is 2.31. The summed E-state index contributed by atoms with van der Waals surface area (Å²) < 4.78 is 0. The molecule has 0 aromatic rings. The predicted octanol–water partition coefficient (Wildman–Crippen LogP) is 0.575. The van der Waals surface area contributed by atoms with E-state index in [2.05, 4.69) is 17.5 Å². The third-order valence-corrected chi connectivity index (χ3v) is 2.88. The highest BCUT2D eigenvalue weighted by Gasteiger charge is 2.35. The van der Waals surface area contributed by atoms with E-state index in [0.717, 1.165) is 19.0 Å². The average molecular weight is 195 g/mol. The highest BCUT2D eigenvalue weighted by atomic mass is 16.6. The topological polar surface area (TPSA) is 81.2 Å². The van der Waals surface area contributed by atoms with Gasteiger partial charge in [0.2, 0.25) is 0 Å². The van der Waals surface area contributed by atoms with Gasteiger partial charge in [0.1, 0.15) is 0 Å². The number of nitrogens with two attached hydrogens (primary N) is 1. The van der Waals surface area contributed by atoms with Crippen LogP contribution in [0.2, 0.25) is 0 Å². The molecule has 0 aliphatic heterocycles. The SMILES string of the molecule is NC(=C[N+](=O)[O-])NC1CC2C=CC1C2. The van der Waals surface area contributed by atoms with Gasteiger partial charge in [-0.1, -0.05) is 12.2 Å². The first-order chi connectivity index (χ1) is 6.65. The zero-order valence-corrected chi connectivity index (χ0v) is 7.72. The number of hydrogen-bond donors (Lipinski definition) is 2. The van der Waals surface area contributed by atoms with E-state index in [1.54, 1.807) is 0 Å². The fraction of sp³-hybridized carbons (Fsp3) is 0.556. The van der Waals surface area contributed by atoms with Crippen LogP contribution in [-0.4, -0.2) is 11.0 Å². The van der Waals surface area contributed by atoms with Gasteiger partial charge in [-0.3, -0.25) is 10.1 Å². The third-order valence-electron chi connectivity index (χ3n) is 2.88. The zero-order chi connectivity index (χ0) is 10.1. The van der Waals surface area contributed by atoms with Crippen molar-refractivity contribution >= 4 is 0 Å². The molecule has 5 nitrogen and oxygen atoms in total. The van der Waals surface area contributed by atoms with E-state index in [4.69, 9.17) is 5.73 Å². The Morgan fingerprint density at radius 2 is 2.36 bits per heavy atom. The Bertz CT molecular complexity index is 311. The van der Waals surface area contributed by atoms with Crippen LogP contribution in [0.25, 0.3) is 0 Å². The van der Waals surface area contributed by atoms with E-state index in [0.29, 0.717) is 11.8 Å². The van der Waals surface area contributed by atoms with Gasteiger partial charge in [0.05, 0.1) is 4.92 Å². The Morgan fingerprint density at radius 1 is 1.57 bits per heavy atom. The normalized spacial score (nSPS) is 34.9. The lowest BCUT2D eigenvalue weighted by atomic mass is 10.0. The minimum atomic E-state index is -0.536. The largest absolute Gasteiger partial charge is 0.380 e. The molecule has 0 amide bonds. The van der Waals surface area contributed by atoms with Crippen molar-refractivity contribution < 1.29 is 4.92 Å². The van der Waals surface area contributed by atoms with E-state index >= 15 is 0 Å². The molecule has 1 saturated carbocycles. The van der Waals surface area contributed by atoms with Crippen LogP contribution < -0.4 is 11.1 Å². The molecule has 2 aliphatic rings. The van der Waals surface area contributed by atoms with Crippen molar-refractivity contribution in [2.45, 2.75) is 18.9 Å². The molecule has 0 aromatic carbocycles. The lowest BCUT2D eigenvalue weighted by Crippen LogP contribution is -2.35. The summed E-state index contributed by atoms with van der Waals surface area (Å²) in [5.41, 5.74) is 5.47. The molecule has 0 spiro atoms. The van der Waals surface area contributed by atoms with Crippen molar-refractivity contribution in [1.82, 2.24) is 5.32 Å². The number of nitro groups is 1. The first-order valence-corrected chi connectivity index (χ1v) is 4.71. The van der Waals surface area contributed by atoms with Crippen molar-refractivity contribution in [2.24, 2.45) is 17.6 Å². The van der Waals surface area contributed by atoms with Crippen LogP contribution in [0.5, 0.6) is 0 Å². The number of fused-ring (bicyclic) bond motifs is 2. The molecule has 0 radical (unpaired) electrons. The Kier molecular flexibility index (Phi) is 2.15. The van der Waals surface area contributed by atoms with E-state index < -0.39 is 4.92 Å². The van der Waals surface area contributed by atoms with E-state index in [9.17, 15) is 10.1 Å². The molecule has 3 atom stereocenters. The zero-order valence-electron chi connectivity index (χ0n) is 7.72. The molecule has 2 bridgehead atoms. The van der Waals surface area contributed by atoms with Crippen molar-refractivity contribution in [3.63, 3.8) is 0 Å². The summed E-state index contributed by atoms with van der Waals surface area (Å²) in [5, 5.41) is 13.1. The van der Waals surface area contributed by atoms with Crippen LogP contribution >= 0.6 is 0 Å². The van der Waals surface area contributed by atoms with E-state index in [1.807, 2.05) is 0 Å². The Balaban J connectivity index is 1.93. The van der Waals surface area contributed by atoms with Crippen molar-refractivity contribution in [2.75, 3.05) is 0 Å². The van der Waals surface area contributed by atoms with Gasteiger partial charge in [0.15, 0.2) is 5.82 Å². The second-order valence-corrected chi connectivity index (χ2v) is 3.90. The van der Waals surface area contributed by atoms with Gasteiger partial charge in [0, 0.05) is 6.04 Å². The van der Waals surface area contributed by atoms with E-state index in [-0.39, 0.29) is 11.9 Å². The minimum absolute atomic E-state index is 0.154. The maximum Gasteiger partial charge on any atom is 0.273 e. The predicted molar refractivity (Wildman–Crippen MR) is 51.5 cm³/mol. The molecule has 1 fully saturated rings. The number of nitrogens with zero attached hydrogens (tertiary/aromatic N) is 1. The van der Waals surface area contributed by atoms with Crippen molar-refractivity contribution in [3.05, 3.63) is 34.3 Å². The Hall–Kier alpha value is -1.52. The first kappa shape index (κ1) is 9.05. The lowest BCUT2D eigenvalue weighted by molar-refractivity contribution is -0.403. The minimum Gasteiger partial charge on any atom is -0.380 e. The monoisotopic (exact) mass is 195 g/mol. The summed E-state index contributed by atoms with van der Waals surface area (Å²) in [7, 11) is 0. The second kappa shape index (κ2) is 3.32. The van der Waals surface area contributed by atoms with Crippen molar-refractivity contribution in [3.8, 4) is 0 Å². The molecular weight excluding hydrogens is 182 g/mol. The smallest absolute Gasteiger partial charge is 0.273 e. The molecule has 5 heteroatoms. The van der Waals surface area contributed by atoms with Crippen LogP contribution in [0.3, 0.4) is 0 Å². The van der Waals surface area contributed by atoms with Gasteiger partial charge in [0.25, 0.3) is 6.20 Å². The first-order valence-electron chi connectivity index (χ1n) is 4.71. The summed E-state index contributed by atoms with van der Waals surface area (Å²) in [4.78, 5) is 9.60. The summed E-state index contributed by atoms with van der Waals surface area (Å²) in [6.07, 6.45) is 7.40. The maximum absolute atomic E-state index is 10.1. The quantitative estimate of drug-likeness (QED) is 0.392. The standard InChI is InChI=1S/C9H13N3O2/c10-9(5-12(13)14)11-8-4-6-1-2-7(8)3-6/h1-2,5-8,11H,3-4,10H2. The highest BCUT2D eigenvalue weighted by molar-refractivity contribution is 5.14. The van der Waals surface area contributed by atoms with Gasteiger partial charge in [-0.15, -0.1) is 0 Å². The molecular formula is C9H13N3O2. The highest BCUT2D eigenvalue weighted by Crippen LogP contribution is 2.39. The van der Waals surface area contributed by atoms with Crippen LogP contribution in [0, 0.1) is 22.0 Å². The molecule has 0 saturated heterocycles. The molecule has 2 rings (SSSR count). The average Bonchev–Trinajstić information content (AvgIpc) is 2.62. The van der Waals surface area contributed by atoms with E-state index in [1.165, 1.54) is 0 Å². The third kappa shape index (κ3) is 1.71. The number of rotatable bonds is 3. The molecule has 2 aliphatic carbocycles. The summed E-state index contributed by atoms with van der Waals surface area (Å²) in [6.45, 7) is 0. The van der Waals surface area contributed by atoms with Crippen LogP contribution in [0.1, 0.15) is 12.8 Å². The summed E-state index contributed by atoms with van der Waals surface area (Å²) in [6, 6.07) is 0.279. The van der Waals surface area contributed by atoms with Crippen LogP contribution in [0.4, 0.5) is 0 Å². The molecule has 3 N–H and O–H groups in total. The summed E-state index contributed by atoms with van der Waals surface area (Å²) >= 11 is 0. The molecule has 14 heavy (non-hydrogen) atoms. The van der Waals surface area contributed by atoms with Gasteiger partial charge < -0.3 is 11.1 Å². The second-order valence-electron chi connectivity index (χ2n) is 3.90. The maximum atomic E-state index is 10.1. The van der Waals surface area contributed by atoms with Gasteiger partial charge in [-0.05, 0) is 24.7 Å². The van der Waals surface area contributed by atoms with Gasteiger partial charge in [-0.25, -0.2) is 0 Å². The lowest BCUT2D eigenvalue weighted by Gasteiger charge is -2.19. The molecule has 3 unspecified atom stereocenters. The van der Waals surface area contributed by atoms with Gasteiger partial charge in [-0.2, -0.15) is 0 Å². The van der Waals surface area contributed by atoms with Crippen LogP contribution in [0.15, 0.2) is 24.2 Å². The Labute approximate surface area is 81.8 Å². The molecule has 0 heterocycles. The number of nitrogens with one attached hydrogen (secondary N) is 1. The Morgan fingerprint density at radius 3 is 2.86 bits per heavy atom. The molecule has 0 aromatic heterocycles. The van der Waals surface area contributed by atoms with Gasteiger partial charge >= 0.3 is 0 Å². The van der Waals surface area contributed by atoms with Crippen LogP contribution in [-0.2, 0) is 0 Å². The fourth-order valence-electron chi connectivity index (χ4n) is 2.31. The number of allylic oxidation sites excluding steroid dienone is 1.